The number of aromatic nitrogens is 1. The summed E-state index contributed by atoms with van der Waals surface area (Å²) in [6, 6.07) is 16.9. The van der Waals surface area contributed by atoms with Crippen molar-refractivity contribution in [1.82, 2.24) is 9.88 Å². The summed E-state index contributed by atoms with van der Waals surface area (Å²) in [5.74, 6) is -0.563. The highest BCUT2D eigenvalue weighted by Crippen LogP contribution is 2.44. The van der Waals surface area contributed by atoms with Crippen LogP contribution in [-0.2, 0) is 16.0 Å². The van der Waals surface area contributed by atoms with Gasteiger partial charge in [0.25, 0.3) is 0 Å². The van der Waals surface area contributed by atoms with Crippen LogP contribution in [0.15, 0.2) is 67.0 Å². The highest BCUT2D eigenvalue weighted by Gasteiger charge is 2.31. The minimum atomic E-state index is -1.08. The summed E-state index contributed by atoms with van der Waals surface area (Å²) in [7, 11) is 3.01. The quantitative estimate of drug-likeness (QED) is 0.553. The first-order valence-corrected chi connectivity index (χ1v) is 10.8. The van der Waals surface area contributed by atoms with E-state index in [-0.39, 0.29) is 18.9 Å². The summed E-state index contributed by atoms with van der Waals surface area (Å²) in [4.78, 5) is 29.9. The van der Waals surface area contributed by atoms with Crippen LogP contribution < -0.4 is 4.74 Å². The molecule has 0 radical (unpaired) electrons. The highest BCUT2D eigenvalue weighted by molar-refractivity contribution is 5.81. The fourth-order valence-electron chi connectivity index (χ4n) is 4.32. The van der Waals surface area contributed by atoms with Crippen molar-refractivity contribution < 1.29 is 24.2 Å². The molecule has 0 saturated heterocycles. The first-order valence-electron chi connectivity index (χ1n) is 10.8. The second-order valence-electron chi connectivity index (χ2n) is 8.04. The smallest absolute Gasteiger partial charge is 0.410 e. The van der Waals surface area contributed by atoms with Crippen LogP contribution in [-0.4, -0.2) is 53.9 Å². The second kappa shape index (κ2) is 9.73. The number of rotatable bonds is 8. The molecule has 1 atom stereocenters. The van der Waals surface area contributed by atoms with Gasteiger partial charge in [0.2, 0.25) is 0 Å². The summed E-state index contributed by atoms with van der Waals surface area (Å²) in [5.41, 5.74) is 5.32. The molecule has 0 bridgehead atoms. The van der Waals surface area contributed by atoms with Crippen LogP contribution in [0, 0.1) is 0 Å². The average molecular weight is 447 g/mol. The number of aryl methyl sites for hydroxylation is 1. The molecule has 1 aliphatic carbocycles. The number of carboxylic acids is 1. The Hall–Kier alpha value is -3.87. The van der Waals surface area contributed by atoms with Gasteiger partial charge in [-0.15, -0.1) is 0 Å². The molecular weight excluding hydrogens is 420 g/mol. The molecule has 0 aliphatic heterocycles. The van der Waals surface area contributed by atoms with E-state index in [0.29, 0.717) is 12.2 Å². The fourth-order valence-corrected chi connectivity index (χ4v) is 4.32. The molecule has 1 aliphatic rings. The molecule has 1 amide bonds. The van der Waals surface area contributed by atoms with E-state index in [1.807, 2.05) is 36.4 Å². The van der Waals surface area contributed by atoms with Crippen LogP contribution in [0.4, 0.5) is 4.79 Å². The number of amides is 1. The van der Waals surface area contributed by atoms with Crippen LogP contribution >= 0.6 is 0 Å². The third-order valence-electron chi connectivity index (χ3n) is 6.09. The summed E-state index contributed by atoms with van der Waals surface area (Å²) < 4.78 is 10.8. The number of likely N-dealkylation sites (N-methyl/N-ethyl adjacent to an activating group) is 1. The normalized spacial score (nSPS) is 13.0. The number of benzene rings is 2. The molecule has 1 aromatic heterocycles. The van der Waals surface area contributed by atoms with E-state index in [1.165, 1.54) is 7.05 Å². The first kappa shape index (κ1) is 22.3. The minimum Gasteiger partial charge on any atom is -0.495 e. The Morgan fingerprint density at radius 3 is 2.30 bits per heavy atom. The number of carbonyl (C=O) groups excluding carboxylic acids is 1. The van der Waals surface area contributed by atoms with Gasteiger partial charge >= 0.3 is 12.1 Å². The molecule has 4 rings (SSSR count). The lowest BCUT2D eigenvalue weighted by molar-refractivity contribution is -0.142. The molecule has 0 fully saturated rings. The number of methoxy groups -OCH3 is 1. The molecule has 0 spiro atoms. The number of nitrogens with zero attached hydrogens (tertiary/aromatic N) is 2. The number of pyridine rings is 1. The zero-order valence-electron chi connectivity index (χ0n) is 18.6. The maximum absolute atomic E-state index is 12.8. The number of aliphatic carboxylic acids is 1. The van der Waals surface area contributed by atoms with Crippen molar-refractivity contribution in [2.45, 2.75) is 24.8 Å². The standard InChI is InChI=1S/C26H26N2O5/c1-28(24(25(29)30)12-11-17-13-18(32-2)15-27-14-17)26(31)33-16-23-21-9-5-3-7-19(21)20-8-4-6-10-22(20)23/h3-10,13-15,23-24H,11-12,16H2,1-2H3,(H,29,30). The van der Waals surface area contributed by atoms with Gasteiger partial charge < -0.3 is 14.6 Å². The Bertz CT molecular complexity index is 1120. The molecule has 2 aromatic carbocycles. The monoisotopic (exact) mass is 446 g/mol. The molecule has 170 valence electrons. The van der Waals surface area contributed by atoms with Gasteiger partial charge in [-0.3, -0.25) is 9.88 Å². The van der Waals surface area contributed by atoms with E-state index in [4.69, 9.17) is 9.47 Å². The van der Waals surface area contributed by atoms with E-state index in [9.17, 15) is 14.7 Å². The number of hydrogen-bond acceptors (Lipinski definition) is 5. The molecule has 1 N–H and O–H groups in total. The molecule has 1 unspecified atom stereocenters. The van der Waals surface area contributed by atoms with Crippen molar-refractivity contribution in [2.75, 3.05) is 20.8 Å². The highest BCUT2D eigenvalue weighted by atomic mass is 16.6. The van der Waals surface area contributed by atoms with Crippen molar-refractivity contribution >= 4 is 12.1 Å². The van der Waals surface area contributed by atoms with Gasteiger partial charge in [-0.1, -0.05) is 48.5 Å². The van der Waals surface area contributed by atoms with Crippen molar-refractivity contribution in [3.05, 3.63) is 83.7 Å². The van der Waals surface area contributed by atoms with Crippen molar-refractivity contribution in [3.63, 3.8) is 0 Å². The van der Waals surface area contributed by atoms with Gasteiger partial charge in [0.05, 0.1) is 13.3 Å². The van der Waals surface area contributed by atoms with Crippen LogP contribution in [0.1, 0.15) is 29.0 Å². The van der Waals surface area contributed by atoms with Crippen molar-refractivity contribution in [3.8, 4) is 16.9 Å². The van der Waals surface area contributed by atoms with Crippen LogP contribution in [0.5, 0.6) is 5.75 Å². The van der Waals surface area contributed by atoms with Crippen molar-refractivity contribution in [2.24, 2.45) is 0 Å². The van der Waals surface area contributed by atoms with Crippen LogP contribution in [0.25, 0.3) is 11.1 Å². The van der Waals surface area contributed by atoms with Crippen LogP contribution in [0.2, 0.25) is 0 Å². The van der Waals surface area contributed by atoms with E-state index < -0.39 is 18.1 Å². The number of ether oxygens (including phenoxy) is 2. The molecule has 1 heterocycles. The molecular formula is C26H26N2O5. The molecule has 3 aromatic rings. The maximum Gasteiger partial charge on any atom is 0.410 e. The Labute approximate surface area is 192 Å². The van der Waals surface area contributed by atoms with E-state index in [1.54, 1.807) is 25.6 Å². The first-order chi connectivity index (χ1) is 16.0. The van der Waals surface area contributed by atoms with Gasteiger partial charge in [0, 0.05) is 19.2 Å². The van der Waals surface area contributed by atoms with Gasteiger partial charge in [-0.25, -0.2) is 9.59 Å². The number of carboxylic acid groups (broad SMARTS) is 1. The van der Waals surface area contributed by atoms with E-state index >= 15 is 0 Å². The molecule has 7 heteroatoms. The Balaban J connectivity index is 1.42. The topological polar surface area (TPSA) is 89.0 Å². The Morgan fingerprint density at radius 2 is 1.70 bits per heavy atom. The summed E-state index contributed by atoms with van der Waals surface area (Å²) in [6.07, 6.45) is 3.25. The Morgan fingerprint density at radius 1 is 1.06 bits per heavy atom. The number of hydrogen-bond donors (Lipinski definition) is 1. The van der Waals surface area contributed by atoms with E-state index in [0.717, 1.165) is 32.7 Å². The fraction of sp³-hybridized carbons (Fsp3) is 0.269. The lowest BCUT2D eigenvalue weighted by Crippen LogP contribution is -2.43. The maximum atomic E-state index is 12.8. The van der Waals surface area contributed by atoms with Gasteiger partial charge in [-0.2, -0.15) is 0 Å². The lowest BCUT2D eigenvalue weighted by Gasteiger charge is -2.25. The SMILES string of the molecule is COc1cncc(CCC(C(=O)O)N(C)C(=O)OCC2c3ccccc3-c3ccccc32)c1. The molecule has 0 saturated carbocycles. The summed E-state index contributed by atoms with van der Waals surface area (Å²) in [5, 5.41) is 9.72. The zero-order valence-corrected chi connectivity index (χ0v) is 18.6. The average Bonchev–Trinajstić information content (AvgIpc) is 3.16. The number of fused-ring (bicyclic) bond motifs is 3. The van der Waals surface area contributed by atoms with Gasteiger partial charge in [-0.05, 0) is 46.7 Å². The molecule has 7 nitrogen and oxygen atoms in total. The number of carbonyl (C=O) groups is 2. The third-order valence-corrected chi connectivity index (χ3v) is 6.09. The van der Waals surface area contributed by atoms with Crippen LogP contribution in [0.3, 0.4) is 0 Å². The Kier molecular flexibility index (Phi) is 6.58. The summed E-state index contributed by atoms with van der Waals surface area (Å²) in [6.45, 7) is 0.142. The minimum absolute atomic E-state index is 0.0825. The largest absolute Gasteiger partial charge is 0.495 e. The van der Waals surface area contributed by atoms with Crippen molar-refractivity contribution in [1.29, 1.82) is 0 Å². The predicted octanol–water partition coefficient (Wildman–Crippen LogP) is 4.36. The third kappa shape index (κ3) is 4.67. The van der Waals surface area contributed by atoms with Gasteiger partial charge in [0.15, 0.2) is 0 Å². The molecule has 33 heavy (non-hydrogen) atoms. The van der Waals surface area contributed by atoms with Gasteiger partial charge in [0.1, 0.15) is 18.4 Å². The predicted molar refractivity (Wildman–Crippen MR) is 123 cm³/mol. The second-order valence-corrected chi connectivity index (χ2v) is 8.04. The lowest BCUT2D eigenvalue weighted by atomic mass is 9.98. The van der Waals surface area contributed by atoms with E-state index in [2.05, 4.69) is 17.1 Å². The summed E-state index contributed by atoms with van der Waals surface area (Å²) >= 11 is 0. The zero-order chi connectivity index (χ0) is 23.4.